The number of nitrogens with one attached hydrogen (secondary N) is 1. The highest BCUT2D eigenvalue weighted by Gasteiger charge is 2.37. The number of urea groups is 1. The van der Waals surface area contributed by atoms with Crippen molar-refractivity contribution in [3.63, 3.8) is 0 Å². The molecule has 1 aromatic rings. The number of carbonyl (C=O) groups is 2. The van der Waals surface area contributed by atoms with Crippen molar-refractivity contribution in [2.75, 3.05) is 31.1 Å². The average molecular weight is 386 g/mol. The minimum atomic E-state index is -0.699. The van der Waals surface area contributed by atoms with Gasteiger partial charge in [-0.1, -0.05) is 19.1 Å². The van der Waals surface area contributed by atoms with E-state index in [-0.39, 0.29) is 23.4 Å². The number of carbonyl (C=O) groups excluding carboxylic acids is 1. The van der Waals surface area contributed by atoms with Gasteiger partial charge in [0, 0.05) is 24.8 Å². The number of anilines is 1. The van der Waals surface area contributed by atoms with Gasteiger partial charge in [-0.2, -0.15) is 0 Å². The van der Waals surface area contributed by atoms with E-state index in [9.17, 15) is 14.7 Å². The maximum Gasteiger partial charge on any atom is 0.324 e. The van der Waals surface area contributed by atoms with Crippen molar-refractivity contribution >= 4 is 17.7 Å². The fourth-order valence-corrected chi connectivity index (χ4v) is 5.08. The summed E-state index contributed by atoms with van der Waals surface area (Å²) in [5.41, 5.74) is 2.54. The largest absolute Gasteiger partial charge is 0.481 e. The molecule has 2 aliphatic heterocycles. The molecule has 3 aliphatic rings. The molecule has 2 amide bonds. The first-order valence-electron chi connectivity index (χ1n) is 10.6. The SMILES string of the molecule is CC1(c2ccc(N3CCN([C@H]4CC[C@H](C(=O)O)CC4)C3=O)cc2)CCNCC1. The number of carboxylic acids is 1. The molecule has 1 aromatic carbocycles. The van der Waals surface area contributed by atoms with Crippen molar-refractivity contribution in [2.45, 2.75) is 56.9 Å². The lowest BCUT2D eigenvalue weighted by molar-refractivity contribution is -0.143. The fourth-order valence-electron chi connectivity index (χ4n) is 5.08. The Morgan fingerprint density at radius 3 is 2.32 bits per heavy atom. The van der Waals surface area contributed by atoms with Crippen LogP contribution in [-0.2, 0) is 10.2 Å². The minimum absolute atomic E-state index is 0.0691. The molecule has 2 N–H and O–H groups in total. The molecule has 4 rings (SSSR count). The highest BCUT2D eigenvalue weighted by atomic mass is 16.4. The second kappa shape index (κ2) is 7.74. The standard InChI is InChI=1S/C22H31N3O3/c1-22(10-12-23-13-11-22)17-4-8-19(9-5-17)25-15-14-24(21(25)28)18-6-2-16(3-7-18)20(26)27/h4-5,8-9,16,18,23H,2-3,6-7,10-15H2,1H3,(H,26,27)/t16-,18-. The highest BCUT2D eigenvalue weighted by Crippen LogP contribution is 2.35. The van der Waals surface area contributed by atoms with Gasteiger partial charge in [-0.3, -0.25) is 9.69 Å². The molecule has 1 aliphatic carbocycles. The lowest BCUT2D eigenvalue weighted by atomic mass is 9.75. The van der Waals surface area contributed by atoms with Gasteiger partial charge >= 0.3 is 12.0 Å². The molecule has 0 bridgehead atoms. The number of piperidine rings is 1. The number of benzene rings is 1. The Balaban J connectivity index is 1.40. The topological polar surface area (TPSA) is 72.9 Å². The van der Waals surface area contributed by atoms with Crippen LogP contribution in [0.3, 0.4) is 0 Å². The van der Waals surface area contributed by atoms with Crippen molar-refractivity contribution < 1.29 is 14.7 Å². The van der Waals surface area contributed by atoms with E-state index in [1.807, 2.05) is 9.80 Å². The summed E-state index contributed by atoms with van der Waals surface area (Å²) in [7, 11) is 0. The summed E-state index contributed by atoms with van der Waals surface area (Å²) in [5, 5.41) is 12.6. The van der Waals surface area contributed by atoms with Crippen molar-refractivity contribution in [1.82, 2.24) is 10.2 Å². The van der Waals surface area contributed by atoms with Crippen molar-refractivity contribution in [2.24, 2.45) is 5.92 Å². The van der Waals surface area contributed by atoms with E-state index in [0.717, 1.165) is 51.0 Å². The first kappa shape index (κ1) is 19.2. The van der Waals surface area contributed by atoms with Gasteiger partial charge in [0.15, 0.2) is 0 Å². The fraction of sp³-hybridized carbons (Fsp3) is 0.636. The smallest absolute Gasteiger partial charge is 0.324 e. The summed E-state index contributed by atoms with van der Waals surface area (Å²) in [5.74, 6) is -0.940. The molecular formula is C22H31N3O3. The molecule has 2 saturated heterocycles. The third-order valence-electron chi connectivity index (χ3n) is 7.11. The van der Waals surface area contributed by atoms with Crippen molar-refractivity contribution in [3.8, 4) is 0 Å². The highest BCUT2D eigenvalue weighted by molar-refractivity contribution is 5.94. The maximum absolute atomic E-state index is 13.0. The number of aliphatic carboxylic acids is 1. The van der Waals surface area contributed by atoms with Gasteiger partial charge in [0.25, 0.3) is 0 Å². The first-order chi connectivity index (χ1) is 13.5. The predicted octanol–water partition coefficient (Wildman–Crippen LogP) is 3.21. The normalized spacial score (nSPS) is 27.8. The predicted molar refractivity (Wildman–Crippen MR) is 109 cm³/mol. The summed E-state index contributed by atoms with van der Waals surface area (Å²) < 4.78 is 0. The summed E-state index contributed by atoms with van der Waals surface area (Å²) in [6.45, 7) is 5.88. The zero-order chi connectivity index (χ0) is 19.7. The Kier molecular flexibility index (Phi) is 5.32. The number of hydrogen-bond donors (Lipinski definition) is 2. The number of carboxylic acid groups (broad SMARTS) is 1. The first-order valence-corrected chi connectivity index (χ1v) is 10.6. The third kappa shape index (κ3) is 3.62. The summed E-state index contributed by atoms with van der Waals surface area (Å²) in [6, 6.07) is 8.81. The van der Waals surface area contributed by atoms with E-state index in [1.165, 1.54) is 5.56 Å². The Morgan fingerprint density at radius 1 is 1.07 bits per heavy atom. The molecule has 0 aromatic heterocycles. The monoisotopic (exact) mass is 385 g/mol. The molecule has 0 unspecified atom stereocenters. The molecule has 3 fully saturated rings. The van der Waals surface area contributed by atoms with Gasteiger partial charge in [-0.25, -0.2) is 4.79 Å². The molecule has 6 nitrogen and oxygen atoms in total. The van der Waals surface area contributed by atoms with E-state index in [0.29, 0.717) is 19.4 Å². The summed E-state index contributed by atoms with van der Waals surface area (Å²) in [4.78, 5) is 28.0. The van der Waals surface area contributed by atoms with Crippen LogP contribution in [-0.4, -0.2) is 54.2 Å². The van der Waals surface area contributed by atoms with Crippen LogP contribution in [0.15, 0.2) is 24.3 Å². The lowest BCUT2D eigenvalue weighted by Gasteiger charge is -2.35. The van der Waals surface area contributed by atoms with E-state index < -0.39 is 5.97 Å². The Morgan fingerprint density at radius 2 is 1.71 bits per heavy atom. The van der Waals surface area contributed by atoms with E-state index in [2.05, 4.69) is 36.5 Å². The van der Waals surface area contributed by atoms with Gasteiger partial charge < -0.3 is 15.3 Å². The van der Waals surface area contributed by atoms with Crippen LogP contribution in [0.4, 0.5) is 10.5 Å². The van der Waals surface area contributed by atoms with Crippen molar-refractivity contribution in [1.29, 1.82) is 0 Å². The second-order valence-electron chi connectivity index (χ2n) is 8.83. The zero-order valence-corrected chi connectivity index (χ0v) is 16.7. The second-order valence-corrected chi connectivity index (χ2v) is 8.83. The van der Waals surface area contributed by atoms with Crippen LogP contribution >= 0.6 is 0 Å². The molecule has 28 heavy (non-hydrogen) atoms. The van der Waals surface area contributed by atoms with Crippen LogP contribution in [0.25, 0.3) is 0 Å². The Hall–Kier alpha value is -2.08. The Bertz CT molecular complexity index is 719. The number of amides is 2. The van der Waals surface area contributed by atoms with E-state index in [4.69, 9.17) is 0 Å². The molecule has 1 saturated carbocycles. The summed E-state index contributed by atoms with van der Waals surface area (Å²) in [6.07, 6.45) is 5.21. The number of rotatable bonds is 4. The van der Waals surface area contributed by atoms with Crippen LogP contribution < -0.4 is 10.2 Å². The number of nitrogens with zero attached hydrogens (tertiary/aromatic N) is 2. The lowest BCUT2D eigenvalue weighted by Crippen LogP contribution is -2.42. The van der Waals surface area contributed by atoms with Gasteiger partial charge in [-0.15, -0.1) is 0 Å². The van der Waals surface area contributed by atoms with Gasteiger partial charge in [-0.05, 0) is 74.7 Å². The maximum atomic E-state index is 13.0. The molecular weight excluding hydrogens is 354 g/mol. The third-order valence-corrected chi connectivity index (χ3v) is 7.11. The Labute approximate surface area is 166 Å². The molecule has 0 radical (unpaired) electrons. The van der Waals surface area contributed by atoms with Crippen molar-refractivity contribution in [3.05, 3.63) is 29.8 Å². The van der Waals surface area contributed by atoms with Crippen LogP contribution in [0.2, 0.25) is 0 Å². The van der Waals surface area contributed by atoms with Gasteiger partial charge in [0.1, 0.15) is 0 Å². The molecule has 2 heterocycles. The van der Waals surface area contributed by atoms with Crippen LogP contribution in [0.1, 0.15) is 51.0 Å². The van der Waals surface area contributed by atoms with E-state index >= 15 is 0 Å². The molecule has 152 valence electrons. The zero-order valence-electron chi connectivity index (χ0n) is 16.7. The molecule has 0 spiro atoms. The van der Waals surface area contributed by atoms with Crippen LogP contribution in [0, 0.1) is 5.92 Å². The molecule has 6 heteroatoms. The quantitative estimate of drug-likeness (QED) is 0.835. The van der Waals surface area contributed by atoms with Gasteiger partial charge in [0.05, 0.1) is 5.92 Å². The minimum Gasteiger partial charge on any atom is -0.481 e. The van der Waals surface area contributed by atoms with E-state index in [1.54, 1.807) is 0 Å². The molecule has 0 atom stereocenters. The number of hydrogen-bond acceptors (Lipinski definition) is 3. The van der Waals surface area contributed by atoms with Gasteiger partial charge in [0.2, 0.25) is 0 Å². The van der Waals surface area contributed by atoms with Crippen LogP contribution in [0.5, 0.6) is 0 Å². The summed E-state index contributed by atoms with van der Waals surface area (Å²) >= 11 is 0. The average Bonchev–Trinajstić information content (AvgIpc) is 3.10.